The summed E-state index contributed by atoms with van der Waals surface area (Å²) < 4.78 is 19.2. The molecule has 0 saturated carbocycles. The number of anilines is 1. The number of fused-ring (bicyclic) bond motifs is 4. The van der Waals surface area contributed by atoms with Crippen molar-refractivity contribution in [1.82, 2.24) is 10.1 Å². The van der Waals surface area contributed by atoms with E-state index in [2.05, 4.69) is 15.4 Å². The summed E-state index contributed by atoms with van der Waals surface area (Å²) in [4.78, 5) is 2.44. The lowest BCUT2D eigenvalue weighted by Gasteiger charge is -2.44. The second-order valence-corrected chi connectivity index (χ2v) is 6.12. The summed E-state index contributed by atoms with van der Waals surface area (Å²) in [5.41, 5.74) is 0.388. The number of piperidine rings is 3. The van der Waals surface area contributed by atoms with Gasteiger partial charge in [0.1, 0.15) is 11.2 Å². The van der Waals surface area contributed by atoms with Gasteiger partial charge in [0.15, 0.2) is 11.4 Å². The standard InChI is InChI=1S/C14H15ClFN3O.ClH/c15-9-5-10(16)13-12(6-9)20-18-14(13)17-11-7-19-3-1-8(11)2-4-19;/h5-6,8,11H,1-4,7H2,(H,17,18);1H/t11-;/m0./s1. The van der Waals surface area contributed by atoms with Gasteiger partial charge in [-0.3, -0.25) is 0 Å². The molecule has 1 N–H and O–H groups in total. The minimum Gasteiger partial charge on any atom is -0.362 e. The van der Waals surface area contributed by atoms with Crippen LogP contribution in [-0.4, -0.2) is 35.7 Å². The molecule has 21 heavy (non-hydrogen) atoms. The molecule has 0 spiro atoms. The van der Waals surface area contributed by atoms with Crippen LogP contribution < -0.4 is 5.32 Å². The van der Waals surface area contributed by atoms with Crippen molar-refractivity contribution in [2.45, 2.75) is 18.9 Å². The molecule has 114 valence electrons. The highest BCUT2D eigenvalue weighted by molar-refractivity contribution is 6.31. The molecule has 1 aromatic heterocycles. The van der Waals surface area contributed by atoms with Crippen molar-refractivity contribution in [2.24, 2.45) is 5.92 Å². The van der Waals surface area contributed by atoms with E-state index in [0.717, 1.165) is 6.54 Å². The highest BCUT2D eigenvalue weighted by Crippen LogP contribution is 2.33. The van der Waals surface area contributed by atoms with Crippen LogP contribution >= 0.6 is 24.0 Å². The molecule has 4 heterocycles. The smallest absolute Gasteiger partial charge is 0.180 e. The maximum absolute atomic E-state index is 14.0. The summed E-state index contributed by atoms with van der Waals surface area (Å²) in [6.45, 7) is 3.34. The first-order chi connectivity index (χ1) is 9.70. The summed E-state index contributed by atoms with van der Waals surface area (Å²) in [5.74, 6) is 0.743. The molecule has 0 aliphatic carbocycles. The van der Waals surface area contributed by atoms with E-state index in [1.54, 1.807) is 6.07 Å². The van der Waals surface area contributed by atoms with Gasteiger partial charge in [0.25, 0.3) is 0 Å². The van der Waals surface area contributed by atoms with Gasteiger partial charge in [-0.15, -0.1) is 12.4 Å². The van der Waals surface area contributed by atoms with Crippen molar-refractivity contribution < 1.29 is 8.91 Å². The molecule has 0 unspecified atom stereocenters. The van der Waals surface area contributed by atoms with Crippen LogP contribution in [0.3, 0.4) is 0 Å². The van der Waals surface area contributed by atoms with Crippen molar-refractivity contribution >= 4 is 40.8 Å². The second kappa shape index (κ2) is 5.63. The number of nitrogens with one attached hydrogen (secondary N) is 1. The number of hydrogen-bond donors (Lipinski definition) is 1. The van der Waals surface area contributed by atoms with Gasteiger partial charge in [-0.25, -0.2) is 4.39 Å². The number of hydrogen-bond acceptors (Lipinski definition) is 4. The van der Waals surface area contributed by atoms with Gasteiger partial charge >= 0.3 is 0 Å². The lowest BCUT2D eigenvalue weighted by molar-refractivity contribution is 0.0973. The van der Waals surface area contributed by atoms with Gasteiger partial charge in [-0.05, 0) is 37.9 Å². The van der Waals surface area contributed by atoms with Crippen LogP contribution in [0, 0.1) is 11.7 Å². The third-order valence-electron chi connectivity index (χ3n) is 4.47. The summed E-state index contributed by atoms with van der Waals surface area (Å²) in [6.07, 6.45) is 2.39. The Kier molecular flexibility index (Phi) is 3.99. The van der Waals surface area contributed by atoms with E-state index in [0.29, 0.717) is 33.8 Å². The van der Waals surface area contributed by atoms with Crippen LogP contribution in [0.4, 0.5) is 10.2 Å². The molecule has 5 rings (SSSR count). The zero-order chi connectivity index (χ0) is 13.7. The Morgan fingerprint density at radius 2 is 2.10 bits per heavy atom. The summed E-state index contributed by atoms with van der Waals surface area (Å²) in [7, 11) is 0. The van der Waals surface area contributed by atoms with Gasteiger partial charge < -0.3 is 14.7 Å². The summed E-state index contributed by atoms with van der Waals surface area (Å²) >= 11 is 5.82. The zero-order valence-electron chi connectivity index (χ0n) is 11.3. The van der Waals surface area contributed by atoms with Crippen molar-refractivity contribution in [3.8, 4) is 0 Å². The number of aromatic nitrogens is 1. The molecule has 3 aliphatic heterocycles. The largest absolute Gasteiger partial charge is 0.362 e. The van der Waals surface area contributed by atoms with E-state index in [4.69, 9.17) is 16.1 Å². The van der Waals surface area contributed by atoms with Gasteiger partial charge in [-0.2, -0.15) is 0 Å². The molecule has 1 atom stereocenters. The predicted octanol–water partition coefficient (Wildman–Crippen LogP) is 3.55. The average Bonchev–Trinajstić information content (AvgIpc) is 2.83. The molecule has 2 aromatic rings. The number of rotatable bonds is 2. The van der Waals surface area contributed by atoms with Gasteiger partial charge in [0.2, 0.25) is 0 Å². The van der Waals surface area contributed by atoms with E-state index in [9.17, 15) is 4.39 Å². The molecule has 3 fully saturated rings. The van der Waals surface area contributed by atoms with Crippen molar-refractivity contribution in [1.29, 1.82) is 0 Å². The second-order valence-electron chi connectivity index (χ2n) is 5.68. The molecule has 1 aromatic carbocycles. The van der Waals surface area contributed by atoms with E-state index in [1.807, 2.05) is 0 Å². The summed E-state index contributed by atoms with van der Waals surface area (Å²) in [5, 5.41) is 8.05. The van der Waals surface area contributed by atoms with Crippen LogP contribution in [0.1, 0.15) is 12.8 Å². The number of nitrogens with zero attached hydrogens (tertiary/aromatic N) is 2. The fraction of sp³-hybridized carbons (Fsp3) is 0.500. The lowest BCUT2D eigenvalue weighted by Crippen LogP contribution is -2.53. The molecule has 3 aliphatic rings. The number of benzene rings is 1. The molecule has 0 amide bonds. The zero-order valence-corrected chi connectivity index (χ0v) is 12.9. The lowest BCUT2D eigenvalue weighted by atomic mass is 9.84. The maximum atomic E-state index is 14.0. The Balaban J connectivity index is 0.00000132. The van der Waals surface area contributed by atoms with Crippen LogP contribution in [0.25, 0.3) is 11.0 Å². The van der Waals surface area contributed by atoms with E-state index in [-0.39, 0.29) is 12.4 Å². The highest BCUT2D eigenvalue weighted by Gasteiger charge is 2.34. The average molecular weight is 332 g/mol. The van der Waals surface area contributed by atoms with Crippen LogP contribution in [0.15, 0.2) is 16.7 Å². The van der Waals surface area contributed by atoms with Crippen LogP contribution in [-0.2, 0) is 0 Å². The van der Waals surface area contributed by atoms with E-state index >= 15 is 0 Å². The topological polar surface area (TPSA) is 41.3 Å². The van der Waals surface area contributed by atoms with E-state index in [1.165, 1.54) is 32.0 Å². The Bertz CT molecular complexity index is 655. The van der Waals surface area contributed by atoms with Crippen molar-refractivity contribution in [3.05, 3.63) is 23.0 Å². The fourth-order valence-electron chi connectivity index (χ4n) is 3.40. The Hall–Kier alpha value is -1.04. The highest BCUT2D eigenvalue weighted by atomic mass is 35.5. The molecule has 7 heteroatoms. The quantitative estimate of drug-likeness (QED) is 0.913. The predicted molar refractivity (Wildman–Crippen MR) is 82.8 cm³/mol. The van der Waals surface area contributed by atoms with Crippen molar-refractivity contribution in [3.63, 3.8) is 0 Å². The molecule has 4 nitrogen and oxygen atoms in total. The SMILES string of the molecule is Cl.Fc1cc(Cl)cc2onc(N[C@H]3CN4CCC3CC4)c12. The van der Waals surface area contributed by atoms with Gasteiger partial charge in [0, 0.05) is 23.7 Å². The molecular weight excluding hydrogens is 316 g/mol. The third-order valence-corrected chi connectivity index (χ3v) is 4.69. The van der Waals surface area contributed by atoms with Crippen LogP contribution in [0.2, 0.25) is 5.02 Å². The first-order valence-corrected chi connectivity index (χ1v) is 7.32. The first-order valence-electron chi connectivity index (χ1n) is 6.94. The Labute approximate surface area is 133 Å². The monoisotopic (exact) mass is 331 g/mol. The minimum absolute atomic E-state index is 0. The number of halogens is 3. The molecular formula is C14H16Cl2FN3O. The Morgan fingerprint density at radius 1 is 1.33 bits per heavy atom. The first kappa shape index (κ1) is 14.9. The maximum Gasteiger partial charge on any atom is 0.180 e. The third kappa shape index (κ3) is 2.58. The Morgan fingerprint density at radius 3 is 2.76 bits per heavy atom. The molecule has 3 saturated heterocycles. The molecule has 0 radical (unpaired) electrons. The van der Waals surface area contributed by atoms with Crippen LogP contribution in [0.5, 0.6) is 0 Å². The minimum atomic E-state index is -0.391. The fourth-order valence-corrected chi connectivity index (χ4v) is 3.59. The molecule has 2 bridgehead atoms. The van der Waals surface area contributed by atoms with Crippen molar-refractivity contribution in [2.75, 3.05) is 25.0 Å². The van der Waals surface area contributed by atoms with Gasteiger partial charge in [-0.1, -0.05) is 16.8 Å². The summed E-state index contributed by atoms with van der Waals surface area (Å²) in [6, 6.07) is 3.21. The van der Waals surface area contributed by atoms with E-state index < -0.39 is 5.82 Å². The van der Waals surface area contributed by atoms with Gasteiger partial charge in [0.05, 0.1) is 0 Å². The normalized spacial score (nSPS) is 27.6.